The molecule has 0 radical (unpaired) electrons. The molecule has 0 saturated carbocycles. The number of benzene rings is 1. The van der Waals surface area contributed by atoms with Gasteiger partial charge in [0.25, 0.3) is 0 Å². The number of rotatable bonds is 5. The van der Waals surface area contributed by atoms with Crippen molar-refractivity contribution in [1.29, 1.82) is 0 Å². The lowest BCUT2D eigenvalue weighted by Gasteiger charge is -2.20. The Balaban J connectivity index is 1.91. The van der Waals surface area contributed by atoms with Gasteiger partial charge in [0.2, 0.25) is 12.2 Å². The van der Waals surface area contributed by atoms with Crippen LogP contribution in [-0.4, -0.2) is 15.7 Å². The van der Waals surface area contributed by atoms with Crippen LogP contribution in [0.4, 0.5) is 0 Å². The van der Waals surface area contributed by atoms with Crippen LogP contribution in [0.2, 0.25) is 0 Å². The third kappa shape index (κ3) is 4.71. The second-order valence-corrected chi connectivity index (χ2v) is 5.39. The van der Waals surface area contributed by atoms with Gasteiger partial charge in [-0.3, -0.25) is 0 Å². The van der Waals surface area contributed by atoms with E-state index >= 15 is 0 Å². The van der Waals surface area contributed by atoms with Gasteiger partial charge in [0.05, 0.1) is 0 Å². The van der Waals surface area contributed by atoms with Crippen molar-refractivity contribution in [2.24, 2.45) is 0 Å². The number of nitrogens with zero attached hydrogens (tertiary/aromatic N) is 2. The molecule has 0 amide bonds. The summed E-state index contributed by atoms with van der Waals surface area (Å²) in [6.45, 7) is 7.55. The van der Waals surface area contributed by atoms with Crippen LogP contribution in [-0.2, 0) is 13.2 Å². The SMILES string of the molecule is CC(C)(C)NCc1cccc(OCc2ncon2)c1. The number of aromatic nitrogens is 2. The van der Waals surface area contributed by atoms with Gasteiger partial charge < -0.3 is 14.6 Å². The molecule has 0 saturated heterocycles. The Morgan fingerprint density at radius 2 is 2.16 bits per heavy atom. The number of nitrogens with one attached hydrogen (secondary N) is 1. The molecule has 1 heterocycles. The lowest BCUT2D eigenvalue weighted by atomic mass is 10.1. The fourth-order valence-electron chi connectivity index (χ4n) is 1.52. The molecular formula is C14H19N3O2. The van der Waals surface area contributed by atoms with Crippen molar-refractivity contribution < 1.29 is 9.26 Å². The molecule has 1 aromatic heterocycles. The Morgan fingerprint density at radius 1 is 1.32 bits per heavy atom. The van der Waals surface area contributed by atoms with E-state index in [1.807, 2.05) is 18.2 Å². The van der Waals surface area contributed by atoms with Crippen LogP contribution in [0, 0.1) is 0 Å². The van der Waals surface area contributed by atoms with E-state index < -0.39 is 0 Å². The van der Waals surface area contributed by atoms with Gasteiger partial charge in [0, 0.05) is 12.1 Å². The highest BCUT2D eigenvalue weighted by Gasteiger charge is 2.08. The van der Waals surface area contributed by atoms with Gasteiger partial charge in [-0.1, -0.05) is 17.3 Å². The highest BCUT2D eigenvalue weighted by atomic mass is 16.5. The number of hydrogen-bond donors (Lipinski definition) is 1. The Kier molecular flexibility index (Phi) is 4.16. The first-order chi connectivity index (χ1) is 9.03. The van der Waals surface area contributed by atoms with E-state index in [1.54, 1.807) is 0 Å². The summed E-state index contributed by atoms with van der Waals surface area (Å²) in [5, 5.41) is 7.14. The molecule has 1 N–H and O–H groups in total. The summed E-state index contributed by atoms with van der Waals surface area (Å²) in [6.07, 6.45) is 1.29. The van der Waals surface area contributed by atoms with Crippen LogP contribution in [0.25, 0.3) is 0 Å². The van der Waals surface area contributed by atoms with E-state index in [9.17, 15) is 0 Å². The smallest absolute Gasteiger partial charge is 0.213 e. The van der Waals surface area contributed by atoms with E-state index in [2.05, 4.69) is 46.8 Å². The second-order valence-electron chi connectivity index (χ2n) is 5.39. The fraction of sp³-hybridized carbons (Fsp3) is 0.429. The normalized spacial score (nSPS) is 11.5. The summed E-state index contributed by atoms with van der Waals surface area (Å²) in [7, 11) is 0. The second kappa shape index (κ2) is 5.84. The molecule has 5 heteroatoms. The molecule has 102 valence electrons. The van der Waals surface area contributed by atoms with Crippen molar-refractivity contribution in [3.63, 3.8) is 0 Å². The van der Waals surface area contributed by atoms with Crippen molar-refractivity contribution in [1.82, 2.24) is 15.5 Å². The molecule has 2 rings (SSSR count). The van der Waals surface area contributed by atoms with E-state index in [0.29, 0.717) is 12.4 Å². The monoisotopic (exact) mass is 261 g/mol. The molecule has 0 aliphatic carbocycles. The zero-order chi connectivity index (χ0) is 13.7. The average Bonchev–Trinajstić information content (AvgIpc) is 2.87. The fourth-order valence-corrected chi connectivity index (χ4v) is 1.52. The molecule has 0 bridgehead atoms. The summed E-state index contributed by atoms with van der Waals surface area (Å²) in [4.78, 5) is 3.91. The molecule has 0 atom stereocenters. The highest BCUT2D eigenvalue weighted by molar-refractivity contribution is 5.28. The van der Waals surface area contributed by atoms with Crippen molar-refractivity contribution in [3.05, 3.63) is 42.0 Å². The Morgan fingerprint density at radius 3 is 2.84 bits per heavy atom. The summed E-state index contributed by atoms with van der Waals surface area (Å²) >= 11 is 0. The lowest BCUT2D eigenvalue weighted by Crippen LogP contribution is -2.35. The first kappa shape index (κ1) is 13.5. The summed E-state index contributed by atoms with van der Waals surface area (Å²) < 4.78 is 10.3. The zero-order valence-corrected chi connectivity index (χ0v) is 11.5. The quantitative estimate of drug-likeness (QED) is 0.896. The van der Waals surface area contributed by atoms with Crippen molar-refractivity contribution in [3.8, 4) is 5.75 Å². The van der Waals surface area contributed by atoms with Crippen LogP contribution in [0.1, 0.15) is 32.2 Å². The Hall–Kier alpha value is -1.88. The molecule has 1 aromatic carbocycles. The first-order valence-corrected chi connectivity index (χ1v) is 6.25. The molecular weight excluding hydrogens is 242 g/mol. The first-order valence-electron chi connectivity index (χ1n) is 6.25. The third-order valence-corrected chi connectivity index (χ3v) is 2.50. The minimum absolute atomic E-state index is 0.0987. The average molecular weight is 261 g/mol. The maximum atomic E-state index is 5.61. The molecule has 0 unspecified atom stereocenters. The lowest BCUT2D eigenvalue weighted by molar-refractivity contribution is 0.286. The van der Waals surface area contributed by atoms with Gasteiger partial charge in [0.1, 0.15) is 5.75 Å². The van der Waals surface area contributed by atoms with E-state index in [-0.39, 0.29) is 5.54 Å². The van der Waals surface area contributed by atoms with Gasteiger partial charge >= 0.3 is 0 Å². The summed E-state index contributed by atoms with van der Waals surface area (Å²) in [5.41, 5.74) is 1.28. The summed E-state index contributed by atoms with van der Waals surface area (Å²) in [6, 6.07) is 7.98. The Bertz CT molecular complexity index is 504. The number of ether oxygens (including phenoxy) is 1. The maximum absolute atomic E-state index is 5.61. The van der Waals surface area contributed by atoms with Gasteiger partial charge in [-0.2, -0.15) is 4.98 Å². The zero-order valence-electron chi connectivity index (χ0n) is 11.5. The maximum Gasteiger partial charge on any atom is 0.213 e. The van der Waals surface area contributed by atoms with Crippen LogP contribution >= 0.6 is 0 Å². The van der Waals surface area contributed by atoms with Crippen molar-refractivity contribution in [2.45, 2.75) is 39.5 Å². The molecule has 0 spiro atoms. The molecule has 19 heavy (non-hydrogen) atoms. The van der Waals surface area contributed by atoms with E-state index in [1.165, 1.54) is 12.0 Å². The van der Waals surface area contributed by atoms with Gasteiger partial charge in [-0.05, 0) is 38.5 Å². The minimum atomic E-state index is 0.0987. The van der Waals surface area contributed by atoms with Gasteiger partial charge in [0.15, 0.2) is 6.61 Å². The van der Waals surface area contributed by atoms with E-state index in [4.69, 9.17) is 4.74 Å². The minimum Gasteiger partial charge on any atom is -0.485 e. The molecule has 0 aliphatic rings. The topological polar surface area (TPSA) is 60.2 Å². The predicted molar refractivity (Wildman–Crippen MR) is 71.7 cm³/mol. The van der Waals surface area contributed by atoms with Gasteiger partial charge in [-0.25, -0.2) is 0 Å². The van der Waals surface area contributed by atoms with Crippen LogP contribution in [0.3, 0.4) is 0 Å². The van der Waals surface area contributed by atoms with Crippen LogP contribution in [0.5, 0.6) is 5.75 Å². The largest absolute Gasteiger partial charge is 0.485 e. The summed E-state index contributed by atoms with van der Waals surface area (Å²) in [5.74, 6) is 1.34. The Labute approximate surface area is 113 Å². The molecule has 0 aliphatic heterocycles. The molecule has 2 aromatic rings. The number of hydrogen-bond acceptors (Lipinski definition) is 5. The standard InChI is InChI=1S/C14H19N3O2/c1-14(2,3)16-8-11-5-4-6-12(7-11)18-9-13-15-10-19-17-13/h4-7,10,16H,8-9H2,1-3H3. The van der Waals surface area contributed by atoms with Crippen molar-refractivity contribution >= 4 is 0 Å². The van der Waals surface area contributed by atoms with Crippen LogP contribution < -0.4 is 10.1 Å². The van der Waals surface area contributed by atoms with Gasteiger partial charge in [-0.15, -0.1) is 0 Å². The highest BCUT2D eigenvalue weighted by Crippen LogP contribution is 2.15. The predicted octanol–water partition coefficient (Wildman–Crippen LogP) is 2.54. The van der Waals surface area contributed by atoms with Crippen LogP contribution in [0.15, 0.2) is 35.2 Å². The molecule has 0 fully saturated rings. The molecule has 5 nitrogen and oxygen atoms in total. The van der Waals surface area contributed by atoms with E-state index in [0.717, 1.165) is 12.3 Å². The van der Waals surface area contributed by atoms with Crippen molar-refractivity contribution in [2.75, 3.05) is 0 Å². The third-order valence-electron chi connectivity index (χ3n) is 2.50.